The second-order valence-electron chi connectivity index (χ2n) is 6.13. The van der Waals surface area contributed by atoms with E-state index in [0.29, 0.717) is 12.0 Å². The van der Waals surface area contributed by atoms with Crippen LogP contribution >= 0.6 is 0 Å². The van der Waals surface area contributed by atoms with Gasteiger partial charge in [0.1, 0.15) is 0 Å². The second kappa shape index (κ2) is 5.11. The van der Waals surface area contributed by atoms with Crippen molar-refractivity contribution in [1.29, 1.82) is 0 Å². The number of likely N-dealkylation sites (tertiary alicyclic amines) is 1. The minimum Gasteiger partial charge on any atom is -0.376 e. The molecule has 0 radical (unpaired) electrons. The van der Waals surface area contributed by atoms with Gasteiger partial charge in [-0.05, 0) is 51.6 Å². The van der Waals surface area contributed by atoms with Crippen LogP contribution in [-0.4, -0.2) is 37.2 Å². The van der Waals surface area contributed by atoms with Crippen LogP contribution in [0.3, 0.4) is 0 Å². The summed E-state index contributed by atoms with van der Waals surface area (Å²) in [6, 6.07) is 0. The second-order valence-corrected chi connectivity index (χ2v) is 6.13. The van der Waals surface area contributed by atoms with Gasteiger partial charge in [-0.1, -0.05) is 18.1 Å². The Bertz CT molecular complexity index is 293. The zero-order valence-electron chi connectivity index (χ0n) is 11.0. The van der Waals surface area contributed by atoms with Gasteiger partial charge in [-0.15, -0.1) is 0 Å². The number of ether oxygens (including phenoxy) is 1. The van der Waals surface area contributed by atoms with E-state index in [0.717, 1.165) is 12.5 Å². The number of fused-ring (bicyclic) bond motifs is 2. The van der Waals surface area contributed by atoms with Gasteiger partial charge in [-0.2, -0.15) is 0 Å². The van der Waals surface area contributed by atoms with E-state index >= 15 is 0 Å². The van der Waals surface area contributed by atoms with E-state index in [9.17, 15) is 0 Å². The normalized spacial score (nSPS) is 38.9. The Morgan fingerprint density at radius 3 is 2.94 bits per heavy atom. The quantitative estimate of drug-likeness (QED) is 0.682. The fourth-order valence-corrected chi connectivity index (χ4v) is 3.68. The molecule has 3 atom stereocenters. The number of allylic oxidation sites excluding steroid dienone is 1. The minimum absolute atomic E-state index is 0.473. The highest BCUT2D eigenvalue weighted by Crippen LogP contribution is 2.37. The van der Waals surface area contributed by atoms with Crippen LogP contribution in [-0.2, 0) is 4.74 Å². The Kier molecular flexibility index (Phi) is 3.53. The van der Waals surface area contributed by atoms with E-state index in [4.69, 9.17) is 4.74 Å². The highest BCUT2D eigenvalue weighted by atomic mass is 16.5. The number of hydrogen-bond donors (Lipinski definition) is 0. The highest BCUT2D eigenvalue weighted by Gasteiger charge is 2.35. The van der Waals surface area contributed by atoms with Crippen molar-refractivity contribution in [3.63, 3.8) is 0 Å². The molecule has 0 aromatic carbocycles. The van der Waals surface area contributed by atoms with Crippen molar-refractivity contribution in [1.82, 2.24) is 4.90 Å². The SMILES string of the molecule is CC1=CC[C@H]2CO[C@H](CN3CCCCC3)[C@H]1C2. The molecule has 1 aliphatic carbocycles. The van der Waals surface area contributed by atoms with E-state index in [1.165, 1.54) is 51.7 Å². The summed E-state index contributed by atoms with van der Waals surface area (Å²) in [6.07, 6.45) is 9.75. The lowest BCUT2D eigenvalue weighted by Gasteiger charge is -2.42. The molecule has 2 heteroatoms. The van der Waals surface area contributed by atoms with Gasteiger partial charge in [0.25, 0.3) is 0 Å². The topological polar surface area (TPSA) is 12.5 Å². The first-order valence-electron chi connectivity index (χ1n) is 7.33. The first-order chi connectivity index (χ1) is 8.33. The third kappa shape index (κ3) is 2.58. The molecule has 0 aromatic heterocycles. The maximum absolute atomic E-state index is 6.14. The molecular weight excluding hydrogens is 210 g/mol. The number of hydrogen-bond acceptors (Lipinski definition) is 2. The van der Waals surface area contributed by atoms with Crippen molar-refractivity contribution in [3.8, 4) is 0 Å². The Morgan fingerprint density at radius 2 is 2.12 bits per heavy atom. The highest BCUT2D eigenvalue weighted by molar-refractivity contribution is 5.12. The zero-order chi connectivity index (χ0) is 11.7. The molecule has 3 rings (SSSR count). The summed E-state index contributed by atoms with van der Waals surface area (Å²) >= 11 is 0. The van der Waals surface area contributed by atoms with Crippen molar-refractivity contribution in [2.75, 3.05) is 26.2 Å². The van der Waals surface area contributed by atoms with Gasteiger partial charge in [0, 0.05) is 12.5 Å². The third-order valence-corrected chi connectivity index (χ3v) is 4.83. The third-order valence-electron chi connectivity index (χ3n) is 4.83. The van der Waals surface area contributed by atoms with Gasteiger partial charge >= 0.3 is 0 Å². The minimum atomic E-state index is 0.473. The molecule has 17 heavy (non-hydrogen) atoms. The van der Waals surface area contributed by atoms with E-state index in [1.807, 2.05) is 0 Å². The Balaban J connectivity index is 1.62. The van der Waals surface area contributed by atoms with Crippen molar-refractivity contribution < 1.29 is 4.74 Å². The lowest BCUT2D eigenvalue weighted by atomic mass is 9.77. The van der Waals surface area contributed by atoms with Crippen LogP contribution in [0, 0.1) is 11.8 Å². The fourth-order valence-electron chi connectivity index (χ4n) is 3.68. The molecule has 2 bridgehead atoms. The summed E-state index contributed by atoms with van der Waals surface area (Å²) in [5.74, 6) is 1.52. The van der Waals surface area contributed by atoms with Gasteiger partial charge in [-0.3, -0.25) is 0 Å². The molecule has 0 amide bonds. The molecule has 2 aliphatic heterocycles. The standard InChI is InChI=1S/C15H25NO/c1-12-5-6-13-9-14(12)15(17-11-13)10-16-7-3-2-4-8-16/h5,13-15H,2-4,6-11H2,1H3/t13-,14+,15-/m1/s1. The monoisotopic (exact) mass is 235 g/mol. The summed E-state index contributed by atoms with van der Waals surface area (Å²) in [5, 5.41) is 0. The number of rotatable bonds is 2. The van der Waals surface area contributed by atoms with E-state index in [-0.39, 0.29) is 0 Å². The summed E-state index contributed by atoms with van der Waals surface area (Å²) in [7, 11) is 0. The zero-order valence-corrected chi connectivity index (χ0v) is 11.0. The molecule has 2 nitrogen and oxygen atoms in total. The van der Waals surface area contributed by atoms with Crippen LogP contribution in [0.15, 0.2) is 11.6 Å². The molecule has 0 aromatic rings. The predicted octanol–water partition coefficient (Wildman–Crippen LogP) is 2.84. The lowest BCUT2D eigenvalue weighted by molar-refractivity contribution is -0.0650. The number of piperidine rings is 1. The first kappa shape index (κ1) is 11.7. The van der Waals surface area contributed by atoms with E-state index < -0.39 is 0 Å². The van der Waals surface area contributed by atoms with Crippen molar-refractivity contribution in [2.45, 2.75) is 45.1 Å². The maximum Gasteiger partial charge on any atom is 0.0767 e. The maximum atomic E-state index is 6.14. The van der Waals surface area contributed by atoms with Crippen molar-refractivity contribution in [3.05, 3.63) is 11.6 Å². The lowest BCUT2D eigenvalue weighted by Crippen LogP contribution is -2.45. The average Bonchev–Trinajstić information content (AvgIpc) is 2.38. The van der Waals surface area contributed by atoms with Crippen LogP contribution in [0.25, 0.3) is 0 Å². The molecule has 0 saturated carbocycles. The molecule has 2 fully saturated rings. The van der Waals surface area contributed by atoms with Crippen LogP contribution in [0.2, 0.25) is 0 Å². The molecule has 96 valence electrons. The fraction of sp³-hybridized carbons (Fsp3) is 0.867. The van der Waals surface area contributed by atoms with Gasteiger partial charge in [0.15, 0.2) is 0 Å². The van der Waals surface area contributed by atoms with Gasteiger partial charge in [0.2, 0.25) is 0 Å². The van der Waals surface area contributed by atoms with Gasteiger partial charge in [-0.25, -0.2) is 0 Å². The Labute approximate surface area is 105 Å². The summed E-state index contributed by atoms with van der Waals surface area (Å²) in [6.45, 7) is 7.05. The Morgan fingerprint density at radius 1 is 1.29 bits per heavy atom. The largest absolute Gasteiger partial charge is 0.376 e. The van der Waals surface area contributed by atoms with Crippen LogP contribution in [0.1, 0.15) is 39.0 Å². The Hall–Kier alpha value is -0.340. The smallest absolute Gasteiger partial charge is 0.0767 e. The van der Waals surface area contributed by atoms with Crippen molar-refractivity contribution in [2.24, 2.45) is 11.8 Å². The number of nitrogens with zero attached hydrogens (tertiary/aromatic N) is 1. The molecule has 0 spiro atoms. The molecular formula is C15H25NO. The van der Waals surface area contributed by atoms with Crippen molar-refractivity contribution >= 4 is 0 Å². The molecule has 2 heterocycles. The van der Waals surface area contributed by atoms with Gasteiger partial charge < -0.3 is 9.64 Å². The average molecular weight is 235 g/mol. The molecule has 2 saturated heterocycles. The first-order valence-corrected chi connectivity index (χ1v) is 7.33. The molecule has 3 aliphatic rings. The van der Waals surface area contributed by atoms with Crippen LogP contribution in [0.4, 0.5) is 0 Å². The summed E-state index contributed by atoms with van der Waals surface area (Å²) in [4.78, 5) is 2.62. The van der Waals surface area contributed by atoms with E-state index in [1.54, 1.807) is 5.57 Å². The molecule has 0 unspecified atom stereocenters. The van der Waals surface area contributed by atoms with Crippen LogP contribution in [0.5, 0.6) is 0 Å². The van der Waals surface area contributed by atoms with Crippen LogP contribution < -0.4 is 0 Å². The van der Waals surface area contributed by atoms with Gasteiger partial charge in [0.05, 0.1) is 12.7 Å². The summed E-state index contributed by atoms with van der Waals surface area (Å²) < 4.78 is 6.14. The predicted molar refractivity (Wildman–Crippen MR) is 70.0 cm³/mol. The van der Waals surface area contributed by atoms with E-state index in [2.05, 4.69) is 17.9 Å². The summed E-state index contributed by atoms with van der Waals surface area (Å²) in [5.41, 5.74) is 1.59. The molecule has 0 N–H and O–H groups in total.